The van der Waals surface area contributed by atoms with Gasteiger partial charge < -0.3 is 8.83 Å². The highest BCUT2D eigenvalue weighted by atomic mass is 16.3. The Morgan fingerprint density at radius 2 is 1.39 bits per heavy atom. The highest BCUT2D eigenvalue weighted by molar-refractivity contribution is 6.35. The molecular weight excluding hydrogens is 348 g/mol. The van der Waals surface area contributed by atoms with Crippen molar-refractivity contribution in [1.82, 2.24) is 0 Å². The summed E-state index contributed by atoms with van der Waals surface area (Å²) < 4.78 is 11.9. The van der Waals surface area contributed by atoms with E-state index in [2.05, 4.69) is 30.3 Å². The largest absolute Gasteiger partial charge is 0.464 e. The SMILES string of the molecule is O=c1cc2occ3c4c(ccc5cccoc54)cc4cc5cccc1c5c2c43. The molecule has 5 aromatic carbocycles. The molecule has 0 aliphatic rings. The molecule has 2 heterocycles. The fourth-order valence-electron chi connectivity index (χ4n) is 4.75. The van der Waals surface area contributed by atoms with E-state index in [0.717, 1.165) is 59.4 Å². The van der Waals surface area contributed by atoms with Gasteiger partial charge in [-0.3, -0.25) is 4.79 Å². The Morgan fingerprint density at radius 3 is 2.32 bits per heavy atom. The second-order valence-corrected chi connectivity index (χ2v) is 7.35. The van der Waals surface area contributed by atoms with Gasteiger partial charge in [0, 0.05) is 43.8 Å². The van der Waals surface area contributed by atoms with Gasteiger partial charge in [-0.2, -0.15) is 0 Å². The lowest BCUT2D eigenvalue weighted by Gasteiger charge is -2.15. The summed E-state index contributed by atoms with van der Waals surface area (Å²) in [6, 6.07) is 20.0. The van der Waals surface area contributed by atoms with E-state index in [1.165, 1.54) is 0 Å². The molecule has 3 nitrogen and oxygen atoms in total. The second-order valence-electron chi connectivity index (χ2n) is 7.35. The molecule has 0 radical (unpaired) electrons. The molecule has 2 aromatic heterocycles. The lowest BCUT2D eigenvalue weighted by molar-refractivity contribution is 0.605. The number of hydrogen-bond acceptors (Lipinski definition) is 3. The molecule has 0 bridgehead atoms. The normalized spacial score (nSPS) is 12.4. The van der Waals surface area contributed by atoms with Crippen molar-refractivity contribution in [1.29, 1.82) is 0 Å². The first-order valence-corrected chi connectivity index (χ1v) is 9.21. The number of fused-ring (bicyclic) bond motifs is 4. The molecule has 0 amide bonds. The maximum atomic E-state index is 12.6. The zero-order valence-corrected chi connectivity index (χ0v) is 14.7. The second kappa shape index (κ2) is 4.70. The summed E-state index contributed by atoms with van der Waals surface area (Å²) in [6.07, 6.45) is 3.47. The van der Waals surface area contributed by atoms with Crippen LogP contribution in [0.3, 0.4) is 0 Å². The highest BCUT2D eigenvalue weighted by Crippen LogP contribution is 2.42. The van der Waals surface area contributed by atoms with Crippen LogP contribution in [0.15, 0.2) is 86.8 Å². The maximum absolute atomic E-state index is 12.6. The fourth-order valence-corrected chi connectivity index (χ4v) is 4.75. The average molecular weight is 360 g/mol. The van der Waals surface area contributed by atoms with Gasteiger partial charge in [0.25, 0.3) is 0 Å². The fraction of sp³-hybridized carbons (Fsp3) is 0. The molecule has 0 atom stereocenters. The first-order chi connectivity index (χ1) is 13.8. The van der Waals surface area contributed by atoms with Crippen LogP contribution in [0.2, 0.25) is 0 Å². The third-order valence-electron chi connectivity index (χ3n) is 5.88. The summed E-state index contributed by atoms with van der Waals surface area (Å²) in [6.45, 7) is 0. The first kappa shape index (κ1) is 14.2. The number of hydrogen-bond donors (Lipinski definition) is 0. The predicted molar refractivity (Wildman–Crippen MR) is 113 cm³/mol. The van der Waals surface area contributed by atoms with Gasteiger partial charge in [0.1, 0.15) is 11.2 Å². The van der Waals surface area contributed by atoms with E-state index in [1.807, 2.05) is 24.3 Å². The lowest BCUT2D eigenvalue weighted by Crippen LogP contribution is -2.01. The Morgan fingerprint density at radius 1 is 0.607 bits per heavy atom. The van der Waals surface area contributed by atoms with Crippen molar-refractivity contribution in [2.24, 2.45) is 0 Å². The molecule has 0 saturated heterocycles. The van der Waals surface area contributed by atoms with Crippen molar-refractivity contribution in [2.45, 2.75) is 0 Å². The smallest absolute Gasteiger partial charge is 0.190 e. The summed E-state index contributed by atoms with van der Waals surface area (Å²) >= 11 is 0. The summed E-state index contributed by atoms with van der Waals surface area (Å²) in [5.41, 5.74) is 1.46. The maximum Gasteiger partial charge on any atom is 0.190 e. The molecule has 130 valence electrons. The van der Waals surface area contributed by atoms with Gasteiger partial charge in [-0.15, -0.1) is 0 Å². The van der Waals surface area contributed by atoms with E-state index >= 15 is 0 Å². The monoisotopic (exact) mass is 360 g/mol. The Bertz CT molecular complexity index is 1780. The minimum Gasteiger partial charge on any atom is -0.464 e. The zero-order valence-electron chi connectivity index (χ0n) is 14.7. The van der Waals surface area contributed by atoms with Crippen molar-refractivity contribution in [3.05, 3.63) is 83.4 Å². The Balaban J connectivity index is 1.90. The van der Waals surface area contributed by atoms with Gasteiger partial charge >= 0.3 is 0 Å². The molecule has 0 fully saturated rings. The van der Waals surface area contributed by atoms with Crippen LogP contribution >= 0.6 is 0 Å². The number of benzene rings is 5. The minimum atomic E-state index is -0.00876. The number of rotatable bonds is 0. The van der Waals surface area contributed by atoms with Crippen molar-refractivity contribution in [3.8, 4) is 0 Å². The molecule has 0 aliphatic carbocycles. The lowest BCUT2D eigenvalue weighted by atomic mass is 9.90. The van der Waals surface area contributed by atoms with E-state index in [9.17, 15) is 4.79 Å². The van der Waals surface area contributed by atoms with Crippen LogP contribution < -0.4 is 5.43 Å². The van der Waals surface area contributed by atoms with Crippen molar-refractivity contribution < 1.29 is 8.83 Å². The third-order valence-corrected chi connectivity index (χ3v) is 5.88. The van der Waals surface area contributed by atoms with E-state index in [4.69, 9.17) is 8.83 Å². The third kappa shape index (κ3) is 1.58. The summed E-state index contributed by atoms with van der Waals surface area (Å²) in [5.74, 6) is 0. The van der Waals surface area contributed by atoms with Crippen LogP contribution in [0, 0.1) is 0 Å². The highest BCUT2D eigenvalue weighted by Gasteiger charge is 2.18. The summed E-state index contributed by atoms with van der Waals surface area (Å²) in [5, 5.41) is 10.2. The van der Waals surface area contributed by atoms with E-state index in [1.54, 1.807) is 18.6 Å². The quantitative estimate of drug-likeness (QED) is 0.226. The Labute approximate surface area is 157 Å². The van der Waals surface area contributed by atoms with Gasteiger partial charge in [0.15, 0.2) is 5.43 Å². The molecular formula is C25H12O3. The van der Waals surface area contributed by atoms with Crippen molar-refractivity contribution in [3.63, 3.8) is 0 Å². The summed E-state index contributed by atoms with van der Waals surface area (Å²) in [7, 11) is 0. The van der Waals surface area contributed by atoms with Crippen LogP contribution in [0.4, 0.5) is 0 Å². The van der Waals surface area contributed by atoms with Crippen LogP contribution in [0.1, 0.15) is 0 Å². The van der Waals surface area contributed by atoms with E-state index < -0.39 is 0 Å². The molecule has 0 unspecified atom stereocenters. The molecule has 0 N–H and O–H groups in total. The van der Waals surface area contributed by atoms with Gasteiger partial charge in [-0.05, 0) is 40.4 Å². The first-order valence-electron chi connectivity index (χ1n) is 9.21. The van der Waals surface area contributed by atoms with Crippen LogP contribution in [0.25, 0.3) is 65.0 Å². The van der Waals surface area contributed by atoms with Crippen LogP contribution in [-0.4, -0.2) is 0 Å². The molecule has 7 rings (SSSR count). The predicted octanol–water partition coefficient (Wildman–Crippen LogP) is 6.59. The minimum absolute atomic E-state index is 0.00876. The van der Waals surface area contributed by atoms with Gasteiger partial charge in [-0.1, -0.05) is 30.3 Å². The van der Waals surface area contributed by atoms with E-state index in [0.29, 0.717) is 5.58 Å². The van der Waals surface area contributed by atoms with Crippen molar-refractivity contribution in [2.75, 3.05) is 0 Å². The average Bonchev–Trinajstić information content (AvgIpc) is 2.73. The van der Waals surface area contributed by atoms with Crippen LogP contribution in [0.5, 0.6) is 0 Å². The standard InChI is InChI=1S/C25H12O3/c26-19-11-20-24-21-14(3-1-5-17(19)21)9-16-10-15-7-6-13-4-2-8-27-25(13)23(15)18(12-28-20)22(16)24/h1-12H. The van der Waals surface area contributed by atoms with Crippen molar-refractivity contribution >= 4 is 65.0 Å². The zero-order chi connectivity index (χ0) is 18.4. The summed E-state index contributed by atoms with van der Waals surface area (Å²) in [4.78, 5) is 12.6. The van der Waals surface area contributed by atoms with E-state index in [-0.39, 0.29) is 5.43 Å². The molecule has 0 saturated carbocycles. The molecule has 7 aromatic rings. The van der Waals surface area contributed by atoms with Gasteiger partial charge in [-0.25, -0.2) is 0 Å². The van der Waals surface area contributed by atoms with Crippen LogP contribution in [-0.2, 0) is 0 Å². The molecule has 28 heavy (non-hydrogen) atoms. The van der Waals surface area contributed by atoms with Gasteiger partial charge in [0.05, 0.1) is 12.5 Å². The molecule has 3 heteroatoms. The molecule has 0 spiro atoms. The van der Waals surface area contributed by atoms with Gasteiger partial charge in [0.2, 0.25) is 0 Å². The molecule has 0 aliphatic heterocycles. The Kier molecular flexibility index (Phi) is 2.39. The topological polar surface area (TPSA) is 43.4 Å². The Hall–Kier alpha value is -3.85.